The molecule has 9 heteroatoms. The minimum atomic E-state index is -4.53. The van der Waals surface area contributed by atoms with Crippen molar-refractivity contribution in [1.82, 2.24) is 24.7 Å². The van der Waals surface area contributed by atoms with Crippen molar-refractivity contribution in [1.29, 1.82) is 0 Å². The van der Waals surface area contributed by atoms with E-state index in [1.165, 1.54) is 0 Å². The molecule has 0 radical (unpaired) electrons. The fourth-order valence-corrected chi connectivity index (χ4v) is 2.51. The number of thioether (sulfide) groups is 1. The Morgan fingerprint density at radius 2 is 2.00 bits per heavy atom. The highest BCUT2D eigenvalue weighted by Crippen LogP contribution is 2.32. The Morgan fingerprint density at radius 1 is 1.21 bits per heavy atom. The fraction of sp³-hybridized carbons (Fsp3) is 0.200. The average Bonchev–Trinajstić information content (AvgIpc) is 2.96. The van der Waals surface area contributed by atoms with Crippen LogP contribution in [0.3, 0.4) is 0 Å². The van der Waals surface area contributed by atoms with Crippen molar-refractivity contribution in [2.75, 3.05) is 6.26 Å². The molecule has 0 fully saturated rings. The first kappa shape index (κ1) is 16.4. The van der Waals surface area contributed by atoms with E-state index in [1.54, 1.807) is 48.6 Å². The van der Waals surface area contributed by atoms with Crippen LogP contribution < -0.4 is 0 Å². The molecule has 3 rings (SSSR count). The summed E-state index contributed by atoms with van der Waals surface area (Å²) in [6.45, 7) is 1.72. The first-order valence-electron chi connectivity index (χ1n) is 6.86. The Morgan fingerprint density at radius 3 is 2.62 bits per heavy atom. The van der Waals surface area contributed by atoms with Crippen LogP contribution in [0.15, 0.2) is 41.9 Å². The van der Waals surface area contributed by atoms with Crippen LogP contribution in [0.4, 0.5) is 13.2 Å². The van der Waals surface area contributed by atoms with E-state index in [1.807, 2.05) is 0 Å². The molecule has 0 aliphatic rings. The van der Waals surface area contributed by atoms with E-state index in [0.717, 1.165) is 17.8 Å². The van der Waals surface area contributed by atoms with Gasteiger partial charge < -0.3 is 0 Å². The third kappa shape index (κ3) is 3.25. The number of hydrogen-bond donors (Lipinski definition) is 0. The van der Waals surface area contributed by atoms with Gasteiger partial charge in [-0.25, -0.2) is 14.6 Å². The third-order valence-electron chi connectivity index (χ3n) is 3.26. The van der Waals surface area contributed by atoms with Crippen LogP contribution in [0.1, 0.15) is 11.4 Å². The van der Waals surface area contributed by atoms with Gasteiger partial charge in [0.15, 0.2) is 5.16 Å². The standard InChI is InChI=1S/C15H12F3N5S/c1-9-11(8-23(22-9)10-4-3-5-19-7-10)12-6-13(15(16,17)18)21-14(20-12)24-2/h3-8H,1-2H3. The number of aromatic nitrogens is 5. The topological polar surface area (TPSA) is 56.5 Å². The predicted molar refractivity (Wildman–Crippen MR) is 83.9 cm³/mol. The van der Waals surface area contributed by atoms with Gasteiger partial charge in [0.1, 0.15) is 5.69 Å². The molecule has 0 amide bonds. The van der Waals surface area contributed by atoms with Crippen LogP contribution in [0, 0.1) is 6.92 Å². The Bertz CT molecular complexity index is 861. The van der Waals surface area contributed by atoms with Gasteiger partial charge in [0.2, 0.25) is 0 Å². The van der Waals surface area contributed by atoms with Gasteiger partial charge in [-0.1, -0.05) is 11.8 Å². The second kappa shape index (κ2) is 6.23. The zero-order valence-electron chi connectivity index (χ0n) is 12.7. The average molecular weight is 351 g/mol. The maximum atomic E-state index is 13.0. The zero-order chi connectivity index (χ0) is 17.3. The Hall–Kier alpha value is -2.42. The summed E-state index contributed by atoms with van der Waals surface area (Å²) in [7, 11) is 0. The highest BCUT2D eigenvalue weighted by Gasteiger charge is 2.34. The van der Waals surface area contributed by atoms with Crippen molar-refractivity contribution in [2.45, 2.75) is 18.3 Å². The van der Waals surface area contributed by atoms with Gasteiger partial charge in [0.05, 0.1) is 23.3 Å². The lowest BCUT2D eigenvalue weighted by Crippen LogP contribution is -2.10. The lowest BCUT2D eigenvalue weighted by atomic mass is 10.1. The lowest BCUT2D eigenvalue weighted by Gasteiger charge is -2.09. The van der Waals surface area contributed by atoms with Crippen LogP contribution in [-0.2, 0) is 6.18 Å². The quantitative estimate of drug-likeness (QED) is 0.531. The van der Waals surface area contributed by atoms with E-state index < -0.39 is 11.9 Å². The minimum Gasteiger partial charge on any atom is -0.262 e. The highest BCUT2D eigenvalue weighted by molar-refractivity contribution is 7.98. The number of pyridine rings is 1. The van der Waals surface area contributed by atoms with Gasteiger partial charge in [0, 0.05) is 18.0 Å². The lowest BCUT2D eigenvalue weighted by molar-refractivity contribution is -0.141. The van der Waals surface area contributed by atoms with Crippen molar-refractivity contribution in [3.05, 3.63) is 48.2 Å². The number of hydrogen-bond acceptors (Lipinski definition) is 5. The summed E-state index contributed by atoms with van der Waals surface area (Å²) in [6.07, 6.45) is 1.98. The van der Waals surface area contributed by atoms with E-state index in [4.69, 9.17) is 0 Å². The summed E-state index contributed by atoms with van der Waals surface area (Å²) >= 11 is 1.06. The normalized spacial score (nSPS) is 11.7. The van der Waals surface area contributed by atoms with E-state index in [0.29, 0.717) is 16.9 Å². The molecule has 0 N–H and O–H groups in total. The van der Waals surface area contributed by atoms with Crippen molar-refractivity contribution in [2.24, 2.45) is 0 Å². The molecular weight excluding hydrogens is 339 g/mol. The molecule has 3 heterocycles. The van der Waals surface area contributed by atoms with Crippen LogP contribution in [0.5, 0.6) is 0 Å². The molecule has 124 valence electrons. The maximum Gasteiger partial charge on any atom is 0.433 e. The molecule has 0 aliphatic heterocycles. The summed E-state index contributed by atoms with van der Waals surface area (Å²) in [5, 5.41) is 4.40. The van der Waals surface area contributed by atoms with Gasteiger partial charge >= 0.3 is 6.18 Å². The largest absolute Gasteiger partial charge is 0.433 e. The molecule has 0 aliphatic carbocycles. The number of rotatable bonds is 3. The molecule has 0 aromatic carbocycles. The summed E-state index contributed by atoms with van der Waals surface area (Å²) in [4.78, 5) is 11.7. The van der Waals surface area contributed by atoms with E-state index in [9.17, 15) is 13.2 Å². The fourth-order valence-electron chi connectivity index (χ4n) is 2.13. The van der Waals surface area contributed by atoms with Gasteiger partial charge in [-0.15, -0.1) is 0 Å². The van der Waals surface area contributed by atoms with Crippen LogP contribution in [-0.4, -0.2) is 31.0 Å². The van der Waals surface area contributed by atoms with E-state index >= 15 is 0 Å². The summed E-state index contributed by atoms with van der Waals surface area (Å²) in [5.74, 6) is 0. The first-order chi connectivity index (χ1) is 11.4. The van der Waals surface area contributed by atoms with Crippen molar-refractivity contribution in [3.63, 3.8) is 0 Å². The molecule has 24 heavy (non-hydrogen) atoms. The molecule has 5 nitrogen and oxygen atoms in total. The van der Waals surface area contributed by atoms with Gasteiger partial charge in [-0.2, -0.15) is 18.3 Å². The Labute approximate surface area is 140 Å². The van der Waals surface area contributed by atoms with E-state index in [2.05, 4.69) is 20.1 Å². The first-order valence-corrected chi connectivity index (χ1v) is 8.08. The van der Waals surface area contributed by atoms with Gasteiger partial charge in [-0.3, -0.25) is 4.98 Å². The predicted octanol–water partition coefficient (Wildman–Crippen LogP) is 3.77. The molecule has 3 aromatic rings. The molecule has 0 bridgehead atoms. The smallest absolute Gasteiger partial charge is 0.262 e. The number of halogens is 3. The van der Waals surface area contributed by atoms with Crippen LogP contribution >= 0.6 is 11.8 Å². The molecule has 0 spiro atoms. The van der Waals surface area contributed by atoms with Crippen LogP contribution in [0.25, 0.3) is 16.9 Å². The SMILES string of the molecule is CSc1nc(-c2cn(-c3cccnc3)nc2C)cc(C(F)(F)F)n1. The summed E-state index contributed by atoms with van der Waals surface area (Å²) in [5.41, 5.74) is 1.02. The van der Waals surface area contributed by atoms with E-state index in [-0.39, 0.29) is 10.9 Å². The zero-order valence-corrected chi connectivity index (χ0v) is 13.6. The van der Waals surface area contributed by atoms with Gasteiger partial charge in [-0.05, 0) is 31.4 Å². The van der Waals surface area contributed by atoms with Gasteiger partial charge in [0.25, 0.3) is 0 Å². The molecular formula is C15H12F3N5S. The Balaban J connectivity index is 2.11. The molecule has 0 saturated carbocycles. The summed E-state index contributed by atoms with van der Waals surface area (Å²) < 4.78 is 40.7. The number of nitrogens with zero attached hydrogens (tertiary/aromatic N) is 5. The van der Waals surface area contributed by atoms with Crippen LogP contribution in [0.2, 0.25) is 0 Å². The minimum absolute atomic E-state index is 0.0633. The van der Waals surface area contributed by atoms with Crippen molar-refractivity contribution >= 4 is 11.8 Å². The molecule has 3 aromatic heterocycles. The second-order valence-corrected chi connectivity index (χ2v) is 5.68. The number of alkyl halides is 3. The monoisotopic (exact) mass is 351 g/mol. The van der Waals surface area contributed by atoms with Crippen molar-refractivity contribution < 1.29 is 13.2 Å². The second-order valence-electron chi connectivity index (χ2n) is 4.91. The molecule has 0 unspecified atom stereocenters. The van der Waals surface area contributed by atoms with Crippen molar-refractivity contribution in [3.8, 4) is 16.9 Å². The number of aryl methyl sites for hydroxylation is 1. The Kier molecular flexibility index (Phi) is 4.27. The molecule has 0 atom stereocenters. The maximum absolute atomic E-state index is 13.0. The highest BCUT2D eigenvalue weighted by atomic mass is 32.2. The third-order valence-corrected chi connectivity index (χ3v) is 3.81. The molecule has 0 saturated heterocycles. The summed E-state index contributed by atoms with van der Waals surface area (Å²) in [6, 6.07) is 4.50.